The lowest BCUT2D eigenvalue weighted by Crippen LogP contribution is -2.30. The van der Waals surface area contributed by atoms with Gasteiger partial charge in [-0.15, -0.1) is 0 Å². The van der Waals surface area contributed by atoms with Crippen LogP contribution in [0.4, 0.5) is 0 Å². The maximum absolute atomic E-state index is 5.44. The minimum absolute atomic E-state index is 0.629. The number of H-pyrrole nitrogens is 1. The van der Waals surface area contributed by atoms with Crippen LogP contribution >= 0.6 is 12.2 Å². The number of fused-ring (bicyclic) bond motifs is 1. The van der Waals surface area contributed by atoms with E-state index in [-0.39, 0.29) is 0 Å². The number of aromatic nitrogens is 3. The molecule has 114 valence electrons. The summed E-state index contributed by atoms with van der Waals surface area (Å²) in [7, 11) is 3.83. The van der Waals surface area contributed by atoms with E-state index in [0.717, 1.165) is 34.8 Å². The fourth-order valence-electron chi connectivity index (χ4n) is 3.00. The molecule has 1 N–H and O–H groups in total. The van der Waals surface area contributed by atoms with E-state index in [9.17, 15) is 0 Å². The van der Waals surface area contributed by atoms with Crippen molar-refractivity contribution in [1.82, 2.24) is 19.4 Å². The first-order chi connectivity index (χ1) is 10.2. The number of hydrogen-bond acceptors (Lipinski definition) is 4. The summed E-state index contributed by atoms with van der Waals surface area (Å²) in [6.07, 6.45) is 3.72. The van der Waals surface area contributed by atoms with Gasteiger partial charge >= 0.3 is 0 Å². The van der Waals surface area contributed by atoms with Crippen molar-refractivity contribution in [3.63, 3.8) is 0 Å². The van der Waals surface area contributed by atoms with Crippen molar-refractivity contribution < 1.29 is 4.74 Å². The summed E-state index contributed by atoms with van der Waals surface area (Å²) < 4.78 is 8.07. The van der Waals surface area contributed by atoms with Crippen LogP contribution in [0.2, 0.25) is 0 Å². The number of rotatable bonds is 4. The van der Waals surface area contributed by atoms with Crippen LogP contribution in [0.25, 0.3) is 11.2 Å². The van der Waals surface area contributed by atoms with Gasteiger partial charge in [-0.25, -0.2) is 0 Å². The number of methoxy groups -OCH3 is 1. The average Bonchev–Trinajstić information content (AvgIpc) is 2.81. The summed E-state index contributed by atoms with van der Waals surface area (Å²) in [5.41, 5.74) is 1.87. The smallest absolute Gasteiger partial charge is 0.215 e. The molecule has 0 radical (unpaired) electrons. The molecular weight excluding hydrogens is 284 g/mol. The number of pyridine rings is 1. The lowest BCUT2D eigenvalue weighted by atomic mass is 9.94. The zero-order valence-corrected chi connectivity index (χ0v) is 13.4. The predicted molar refractivity (Wildman–Crippen MR) is 86.3 cm³/mol. The van der Waals surface area contributed by atoms with E-state index in [2.05, 4.69) is 26.5 Å². The zero-order valence-electron chi connectivity index (χ0n) is 12.6. The highest BCUT2D eigenvalue weighted by Gasteiger charge is 2.17. The van der Waals surface area contributed by atoms with Gasteiger partial charge in [0.2, 0.25) is 5.88 Å². The fraction of sp³-hybridized carbons (Fsp3) is 0.600. The first kappa shape index (κ1) is 14.5. The van der Waals surface area contributed by atoms with Crippen LogP contribution in [0.3, 0.4) is 0 Å². The number of nitrogens with zero attached hydrogens (tertiary/aromatic N) is 3. The van der Waals surface area contributed by atoms with E-state index < -0.39 is 0 Å². The predicted octanol–water partition coefficient (Wildman–Crippen LogP) is 2.83. The number of aryl methyl sites for hydroxylation is 1. The second-order valence-electron chi connectivity index (χ2n) is 5.84. The largest absolute Gasteiger partial charge is 0.481 e. The summed E-state index contributed by atoms with van der Waals surface area (Å²) in [5, 5.41) is 0. The van der Waals surface area contributed by atoms with Gasteiger partial charge in [-0.3, -0.25) is 0 Å². The molecule has 5 nitrogen and oxygen atoms in total. The lowest BCUT2D eigenvalue weighted by molar-refractivity contribution is 0.208. The van der Waals surface area contributed by atoms with Gasteiger partial charge in [0.05, 0.1) is 12.6 Å². The van der Waals surface area contributed by atoms with Crippen LogP contribution in [-0.4, -0.2) is 46.7 Å². The molecule has 21 heavy (non-hydrogen) atoms. The molecule has 0 unspecified atom stereocenters. The van der Waals surface area contributed by atoms with E-state index >= 15 is 0 Å². The summed E-state index contributed by atoms with van der Waals surface area (Å²) in [6, 6.07) is 3.83. The van der Waals surface area contributed by atoms with E-state index in [1.807, 2.05) is 12.1 Å². The number of likely N-dealkylation sites (tertiary alicyclic amines) is 1. The number of nitrogens with one attached hydrogen (secondary N) is 1. The first-order valence-electron chi connectivity index (χ1n) is 7.49. The zero-order chi connectivity index (χ0) is 14.8. The molecule has 0 aliphatic carbocycles. The molecule has 0 bridgehead atoms. The molecule has 1 saturated heterocycles. The highest BCUT2D eigenvalue weighted by atomic mass is 32.1. The molecule has 3 heterocycles. The Balaban J connectivity index is 1.77. The molecule has 0 atom stereocenters. The van der Waals surface area contributed by atoms with Gasteiger partial charge in [0, 0.05) is 12.6 Å². The first-order valence-corrected chi connectivity index (χ1v) is 7.90. The fourth-order valence-corrected chi connectivity index (χ4v) is 3.28. The van der Waals surface area contributed by atoms with Crippen LogP contribution in [0.15, 0.2) is 12.1 Å². The Bertz CT molecular complexity index is 670. The van der Waals surface area contributed by atoms with Gasteiger partial charge < -0.3 is 19.2 Å². The summed E-state index contributed by atoms with van der Waals surface area (Å²) in [4.78, 5) is 10.2. The topological polar surface area (TPSA) is 46.1 Å². The molecule has 2 aromatic heterocycles. The van der Waals surface area contributed by atoms with Gasteiger partial charge in [-0.05, 0) is 63.6 Å². The Hall–Kier alpha value is -1.40. The third-order valence-electron chi connectivity index (χ3n) is 4.40. The number of piperidine rings is 1. The summed E-state index contributed by atoms with van der Waals surface area (Å²) >= 11 is 5.44. The Kier molecular flexibility index (Phi) is 4.26. The number of imidazole rings is 1. The highest BCUT2D eigenvalue weighted by Crippen LogP contribution is 2.22. The van der Waals surface area contributed by atoms with Crippen molar-refractivity contribution in [2.75, 3.05) is 27.2 Å². The van der Waals surface area contributed by atoms with Crippen molar-refractivity contribution in [2.24, 2.45) is 5.92 Å². The Morgan fingerprint density at radius 3 is 2.86 bits per heavy atom. The second-order valence-corrected chi connectivity index (χ2v) is 6.23. The van der Waals surface area contributed by atoms with Crippen molar-refractivity contribution in [3.8, 4) is 5.88 Å². The molecule has 0 spiro atoms. The van der Waals surface area contributed by atoms with Crippen LogP contribution < -0.4 is 4.74 Å². The van der Waals surface area contributed by atoms with Gasteiger partial charge in [-0.2, -0.15) is 4.98 Å². The van der Waals surface area contributed by atoms with Gasteiger partial charge in [-0.1, -0.05) is 0 Å². The highest BCUT2D eigenvalue weighted by molar-refractivity contribution is 7.71. The Morgan fingerprint density at radius 2 is 2.14 bits per heavy atom. The molecule has 6 heteroatoms. The number of aromatic amines is 1. The molecule has 3 rings (SSSR count). The van der Waals surface area contributed by atoms with E-state index in [1.165, 1.54) is 25.9 Å². The van der Waals surface area contributed by atoms with Crippen molar-refractivity contribution in [1.29, 1.82) is 0 Å². The van der Waals surface area contributed by atoms with Crippen molar-refractivity contribution in [2.45, 2.75) is 25.8 Å². The maximum atomic E-state index is 5.44. The normalized spacial score (nSPS) is 17.4. The summed E-state index contributed by atoms with van der Waals surface area (Å²) in [6.45, 7) is 3.33. The maximum Gasteiger partial charge on any atom is 0.215 e. The standard InChI is InChI=1S/C15H22N4OS/c1-18-8-5-11(6-9-18)7-10-19-14-12(16-15(19)21)3-4-13(17-14)20-2/h3-4,11H,5-10H2,1-2H3,(H,16,21). The quantitative estimate of drug-likeness (QED) is 0.882. The van der Waals surface area contributed by atoms with Crippen LogP contribution in [0, 0.1) is 10.7 Å². The van der Waals surface area contributed by atoms with E-state index in [4.69, 9.17) is 17.0 Å². The van der Waals surface area contributed by atoms with E-state index in [0.29, 0.717) is 5.88 Å². The minimum atomic E-state index is 0.629. The van der Waals surface area contributed by atoms with Crippen molar-refractivity contribution >= 4 is 23.4 Å². The molecule has 2 aromatic rings. The molecular formula is C15H22N4OS. The number of hydrogen-bond donors (Lipinski definition) is 1. The second kappa shape index (κ2) is 6.15. The number of ether oxygens (including phenoxy) is 1. The third-order valence-corrected chi connectivity index (χ3v) is 4.72. The minimum Gasteiger partial charge on any atom is -0.481 e. The third kappa shape index (κ3) is 3.11. The average molecular weight is 306 g/mol. The molecule has 0 amide bonds. The molecule has 0 saturated carbocycles. The monoisotopic (exact) mass is 306 g/mol. The lowest BCUT2D eigenvalue weighted by Gasteiger charge is -2.28. The summed E-state index contributed by atoms with van der Waals surface area (Å²) in [5.74, 6) is 1.42. The molecule has 1 fully saturated rings. The van der Waals surface area contributed by atoms with Gasteiger partial charge in [0.15, 0.2) is 10.4 Å². The van der Waals surface area contributed by atoms with Gasteiger partial charge in [0.1, 0.15) is 0 Å². The van der Waals surface area contributed by atoms with Gasteiger partial charge in [0.25, 0.3) is 0 Å². The molecule has 0 aromatic carbocycles. The van der Waals surface area contributed by atoms with Crippen LogP contribution in [-0.2, 0) is 6.54 Å². The van der Waals surface area contributed by atoms with Crippen LogP contribution in [0.1, 0.15) is 19.3 Å². The van der Waals surface area contributed by atoms with E-state index in [1.54, 1.807) is 7.11 Å². The molecule has 1 aliphatic rings. The van der Waals surface area contributed by atoms with Crippen LogP contribution in [0.5, 0.6) is 5.88 Å². The SMILES string of the molecule is COc1ccc2[nH]c(=S)n(CCC3CCN(C)CC3)c2n1. The van der Waals surface area contributed by atoms with Crippen molar-refractivity contribution in [3.05, 3.63) is 16.9 Å². The Labute approximate surface area is 129 Å². The molecule has 1 aliphatic heterocycles. The Morgan fingerprint density at radius 1 is 1.38 bits per heavy atom.